The molecule has 1 aliphatic rings. The number of likely N-dealkylation sites (tertiary alicyclic amines) is 1. The van der Waals surface area contributed by atoms with Gasteiger partial charge in [-0.1, -0.05) is 24.3 Å². The number of nitrogens with zero attached hydrogens (tertiary/aromatic N) is 3. The maximum atomic E-state index is 12.8. The van der Waals surface area contributed by atoms with Crippen LogP contribution in [0, 0.1) is 5.92 Å². The molecule has 6 nitrogen and oxygen atoms in total. The van der Waals surface area contributed by atoms with E-state index < -0.39 is 0 Å². The number of amides is 2. The number of rotatable bonds is 6. The van der Waals surface area contributed by atoms with Gasteiger partial charge in [-0.05, 0) is 31.9 Å². The van der Waals surface area contributed by atoms with E-state index in [-0.39, 0.29) is 24.3 Å². The second-order valence-corrected chi connectivity index (χ2v) is 6.98. The molecular weight excluding hydrogens is 342 g/mol. The van der Waals surface area contributed by atoms with E-state index in [9.17, 15) is 9.59 Å². The molecule has 0 unspecified atom stereocenters. The molecule has 2 aromatic rings. The van der Waals surface area contributed by atoms with Crippen LogP contribution < -0.4 is 0 Å². The monoisotopic (exact) mass is 369 g/mol. The smallest absolute Gasteiger partial charge is 0.248 e. The normalized spacial score (nSPS) is 15.1. The highest BCUT2D eigenvalue weighted by Gasteiger charge is 2.29. The van der Waals surface area contributed by atoms with Crippen molar-refractivity contribution in [1.29, 1.82) is 0 Å². The fourth-order valence-corrected chi connectivity index (χ4v) is 3.49. The number of fused-ring (bicyclic) bond motifs is 1. The highest BCUT2D eigenvalue weighted by Crippen LogP contribution is 2.21. The van der Waals surface area contributed by atoms with Crippen molar-refractivity contribution in [2.75, 3.05) is 33.4 Å². The van der Waals surface area contributed by atoms with E-state index in [4.69, 9.17) is 4.74 Å². The van der Waals surface area contributed by atoms with Gasteiger partial charge < -0.3 is 14.5 Å². The molecule has 0 saturated carbocycles. The molecule has 0 atom stereocenters. The molecule has 1 aromatic carbocycles. The van der Waals surface area contributed by atoms with Crippen molar-refractivity contribution < 1.29 is 14.3 Å². The Hall–Kier alpha value is -2.47. The number of carbonyl (C=O) groups is 2. The van der Waals surface area contributed by atoms with Crippen molar-refractivity contribution >= 4 is 22.7 Å². The third-order valence-corrected chi connectivity index (χ3v) is 5.06. The standard InChI is InChI=1S/C21H27N3O3/c1-3-27-15-20(25)24-12-10-17(11-13-24)21(26)23(2)14-18-9-8-16-6-4-5-7-19(16)22-18/h4-9,17H,3,10-15H2,1-2H3. The molecule has 0 bridgehead atoms. The minimum atomic E-state index is -0.0356. The molecule has 1 aromatic heterocycles. The van der Waals surface area contributed by atoms with E-state index in [1.165, 1.54) is 0 Å². The number of aromatic nitrogens is 1. The number of ether oxygens (including phenoxy) is 1. The quantitative estimate of drug-likeness (QED) is 0.785. The van der Waals surface area contributed by atoms with E-state index >= 15 is 0 Å². The fraction of sp³-hybridized carbons (Fsp3) is 0.476. The van der Waals surface area contributed by atoms with Crippen LogP contribution in [0.4, 0.5) is 0 Å². The number of piperidine rings is 1. The predicted octanol–water partition coefficient (Wildman–Crippen LogP) is 2.47. The highest BCUT2D eigenvalue weighted by molar-refractivity contribution is 5.81. The van der Waals surface area contributed by atoms with Crippen molar-refractivity contribution in [3.63, 3.8) is 0 Å². The third kappa shape index (κ3) is 4.83. The minimum absolute atomic E-state index is 0.0106. The van der Waals surface area contributed by atoms with Gasteiger partial charge in [-0.3, -0.25) is 14.6 Å². The van der Waals surface area contributed by atoms with Crippen LogP contribution in [-0.2, 0) is 20.9 Å². The van der Waals surface area contributed by atoms with Crippen molar-refractivity contribution in [2.24, 2.45) is 5.92 Å². The Morgan fingerprint density at radius 2 is 1.93 bits per heavy atom. The van der Waals surface area contributed by atoms with Crippen LogP contribution in [0.25, 0.3) is 10.9 Å². The summed E-state index contributed by atoms with van der Waals surface area (Å²) in [4.78, 5) is 33.0. The third-order valence-electron chi connectivity index (χ3n) is 5.06. The molecular formula is C21H27N3O3. The van der Waals surface area contributed by atoms with Crippen LogP contribution in [-0.4, -0.2) is 59.9 Å². The number of para-hydroxylation sites is 1. The summed E-state index contributed by atoms with van der Waals surface area (Å²) < 4.78 is 5.18. The molecule has 1 fully saturated rings. The van der Waals surface area contributed by atoms with Gasteiger partial charge in [0.25, 0.3) is 0 Å². The van der Waals surface area contributed by atoms with Gasteiger partial charge in [-0.25, -0.2) is 0 Å². The first-order valence-corrected chi connectivity index (χ1v) is 9.53. The van der Waals surface area contributed by atoms with Crippen LogP contribution in [0.5, 0.6) is 0 Å². The molecule has 0 spiro atoms. The molecule has 1 saturated heterocycles. The Labute approximate surface area is 160 Å². The lowest BCUT2D eigenvalue weighted by Crippen LogP contribution is -2.44. The Balaban J connectivity index is 1.53. The zero-order valence-corrected chi connectivity index (χ0v) is 16.1. The van der Waals surface area contributed by atoms with Gasteiger partial charge in [0.05, 0.1) is 17.8 Å². The summed E-state index contributed by atoms with van der Waals surface area (Å²) in [5, 5.41) is 1.10. The van der Waals surface area contributed by atoms with Gasteiger partial charge >= 0.3 is 0 Å². The molecule has 6 heteroatoms. The number of hydrogen-bond donors (Lipinski definition) is 0. The number of benzene rings is 1. The summed E-state index contributed by atoms with van der Waals surface area (Å²) in [6.45, 7) is 4.26. The van der Waals surface area contributed by atoms with Crippen molar-refractivity contribution in [1.82, 2.24) is 14.8 Å². The van der Waals surface area contributed by atoms with Gasteiger partial charge in [-0.15, -0.1) is 0 Å². The van der Waals surface area contributed by atoms with Crippen molar-refractivity contribution in [3.8, 4) is 0 Å². The Bertz CT molecular complexity index is 800. The first kappa shape index (κ1) is 19.3. The molecule has 0 radical (unpaired) electrons. The topological polar surface area (TPSA) is 62.7 Å². The average Bonchev–Trinajstić information content (AvgIpc) is 2.71. The van der Waals surface area contributed by atoms with E-state index in [0.29, 0.717) is 39.1 Å². The van der Waals surface area contributed by atoms with E-state index in [2.05, 4.69) is 4.98 Å². The van der Waals surface area contributed by atoms with Crippen LogP contribution >= 0.6 is 0 Å². The lowest BCUT2D eigenvalue weighted by molar-refractivity contribution is -0.142. The first-order valence-electron chi connectivity index (χ1n) is 9.53. The molecule has 1 aliphatic heterocycles. The highest BCUT2D eigenvalue weighted by atomic mass is 16.5. The van der Waals surface area contributed by atoms with Gasteiger partial charge in [0, 0.05) is 38.0 Å². The van der Waals surface area contributed by atoms with E-state index in [1.807, 2.05) is 50.4 Å². The molecule has 144 valence electrons. The molecule has 27 heavy (non-hydrogen) atoms. The number of carbonyl (C=O) groups excluding carboxylic acids is 2. The van der Waals surface area contributed by atoms with Crippen LogP contribution in [0.3, 0.4) is 0 Å². The van der Waals surface area contributed by atoms with Crippen LogP contribution in [0.2, 0.25) is 0 Å². The predicted molar refractivity (Wildman–Crippen MR) is 104 cm³/mol. The Morgan fingerprint density at radius 3 is 2.67 bits per heavy atom. The zero-order chi connectivity index (χ0) is 19.2. The summed E-state index contributed by atoms with van der Waals surface area (Å²) in [7, 11) is 1.83. The number of hydrogen-bond acceptors (Lipinski definition) is 4. The summed E-state index contributed by atoms with van der Waals surface area (Å²) >= 11 is 0. The molecule has 0 aliphatic carbocycles. The van der Waals surface area contributed by atoms with Crippen molar-refractivity contribution in [3.05, 3.63) is 42.1 Å². The second-order valence-electron chi connectivity index (χ2n) is 6.98. The lowest BCUT2D eigenvalue weighted by atomic mass is 9.95. The Morgan fingerprint density at radius 1 is 1.19 bits per heavy atom. The summed E-state index contributed by atoms with van der Waals surface area (Å²) in [5.41, 5.74) is 1.82. The summed E-state index contributed by atoms with van der Waals surface area (Å²) in [5.74, 6) is 0.102. The molecule has 3 rings (SSSR count). The van der Waals surface area contributed by atoms with Gasteiger partial charge in [0.15, 0.2) is 0 Å². The fourth-order valence-electron chi connectivity index (χ4n) is 3.49. The van der Waals surface area contributed by atoms with Gasteiger partial charge in [-0.2, -0.15) is 0 Å². The first-order chi connectivity index (χ1) is 13.1. The lowest BCUT2D eigenvalue weighted by Gasteiger charge is -2.33. The summed E-state index contributed by atoms with van der Waals surface area (Å²) in [6, 6.07) is 12.0. The van der Waals surface area contributed by atoms with E-state index in [0.717, 1.165) is 16.6 Å². The van der Waals surface area contributed by atoms with Crippen molar-refractivity contribution in [2.45, 2.75) is 26.3 Å². The average molecular weight is 369 g/mol. The number of pyridine rings is 1. The van der Waals surface area contributed by atoms with Gasteiger partial charge in [0.2, 0.25) is 11.8 Å². The maximum Gasteiger partial charge on any atom is 0.248 e. The molecule has 2 heterocycles. The minimum Gasteiger partial charge on any atom is -0.372 e. The molecule has 2 amide bonds. The van der Waals surface area contributed by atoms with Crippen LogP contribution in [0.15, 0.2) is 36.4 Å². The zero-order valence-electron chi connectivity index (χ0n) is 16.1. The maximum absolute atomic E-state index is 12.8. The largest absolute Gasteiger partial charge is 0.372 e. The second kappa shape index (κ2) is 8.95. The Kier molecular flexibility index (Phi) is 6.40. The van der Waals surface area contributed by atoms with E-state index in [1.54, 1.807) is 9.80 Å². The van der Waals surface area contributed by atoms with Gasteiger partial charge in [0.1, 0.15) is 6.61 Å². The SMILES string of the molecule is CCOCC(=O)N1CCC(C(=O)N(C)Cc2ccc3ccccc3n2)CC1. The summed E-state index contributed by atoms with van der Waals surface area (Å²) in [6.07, 6.45) is 1.40. The molecule has 0 N–H and O–H groups in total. The van der Waals surface area contributed by atoms with Crippen LogP contribution in [0.1, 0.15) is 25.5 Å².